The van der Waals surface area contributed by atoms with Crippen molar-refractivity contribution < 1.29 is 4.79 Å². The summed E-state index contributed by atoms with van der Waals surface area (Å²) in [6.07, 6.45) is 8.12. The zero-order valence-corrected chi connectivity index (χ0v) is 17.5. The van der Waals surface area contributed by atoms with Crippen molar-refractivity contribution in [1.29, 1.82) is 0 Å². The van der Waals surface area contributed by atoms with Crippen LogP contribution in [-0.4, -0.2) is 51.1 Å². The molecule has 1 unspecified atom stereocenters. The summed E-state index contributed by atoms with van der Waals surface area (Å²) in [6, 6.07) is 6.33. The van der Waals surface area contributed by atoms with E-state index >= 15 is 0 Å². The lowest BCUT2D eigenvalue weighted by Gasteiger charge is -2.33. The molecule has 4 heterocycles. The number of piperidine rings is 1. The molecule has 3 aromatic rings. The number of carbonyl (C=O) groups excluding carboxylic acids is 1. The van der Waals surface area contributed by atoms with Gasteiger partial charge < -0.3 is 10.2 Å². The van der Waals surface area contributed by atoms with Crippen molar-refractivity contribution >= 4 is 34.5 Å². The summed E-state index contributed by atoms with van der Waals surface area (Å²) in [7, 11) is 0. The van der Waals surface area contributed by atoms with Crippen molar-refractivity contribution in [2.75, 3.05) is 19.6 Å². The SMILES string of the molecule is CC1CCCCN1CCCNC(=O)c1cnn2c(-c3ccc(Cl)s3)ccnc12. The van der Waals surface area contributed by atoms with Gasteiger partial charge in [0.1, 0.15) is 5.56 Å². The van der Waals surface area contributed by atoms with Crippen LogP contribution in [0.4, 0.5) is 0 Å². The fraction of sp³-hybridized carbons (Fsp3) is 0.450. The molecule has 0 aromatic carbocycles. The number of hydrogen-bond donors (Lipinski definition) is 1. The van der Waals surface area contributed by atoms with Crippen molar-refractivity contribution in [3.05, 3.63) is 40.5 Å². The number of amides is 1. The van der Waals surface area contributed by atoms with E-state index in [0.29, 0.717) is 28.1 Å². The zero-order chi connectivity index (χ0) is 19.5. The molecule has 1 fully saturated rings. The number of aromatic nitrogens is 3. The van der Waals surface area contributed by atoms with Crippen LogP contribution >= 0.6 is 22.9 Å². The summed E-state index contributed by atoms with van der Waals surface area (Å²) in [4.78, 5) is 20.5. The van der Waals surface area contributed by atoms with Crippen LogP contribution in [0.25, 0.3) is 16.2 Å². The predicted molar refractivity (Wildman–Crippen MR) is 113 cm³/mol. The highest BCUT2D eigenvalue weighted by atomic mass is 35.5. The molecule has 1 aliphatic rings. The van der Waals surface area contributed by atoms with Gasteiger partial charge in [0.2, 0.25) is 0 Å². The Balaban J connectivity index is 1.40. The minimum atomic E-state index is -0.129. The van der Waals surface area contributed by atoms with Crippen molar-refractivity contribution in [1.82, 2.24) is 24.8 Å². The van der Waals surface area contributed by atoms with Crippen LogP contribution in [0.2, 0.25) is 4.34 Å². The average molecular weight is 418 g/mol. The van der Waals surface area contributed by atoms with E-state index in [0.717, 1.165) is 23.5 Å². The van der Waals surface area contributed by atoms with E-state index in [1.807, 2.05) is 18.2 Å². The highest BCUT2D eigenvalue weighted by Gasteiger charge is 2.19. The molecule has 1 aliphatic heterocycles. The van der Waals surface area contributed by atoms with Crippen molar-refractivity contribution in [2.24, 2.45) is 0 Å². The van der Waals surface area contributed by atoms with E-state index in [2.05, 4.69) is 27.2 Å². The van der Waals surface area contributed by atoms with Crippen LogP contribution in [0.3, 0.4) is 0 Å². The highest BCUT2D eigenvalue weighted by Crippen LogP contribution is 2.31. The number of likely N-dealkylation sites (tertiary alicyclic amines) is 1. The second kappa shape index (κ2) is 8.59. The monoisotopic (exact) mass is 417 g/mol. The molecule has 6 nitrogen and oxygen atoms in total. The Morgan fingerprint density at radius 2 is 2.25 bits per heavy atom. The largest absolute Gasteiger partial charge is 0.352 e. The molecule has 3 aromatic heterocycles. The normalized spacial score (nSPS) is 17.9. The topological polar surface area (TPSA) is 62.5 Å². The first-order chi connectivity index (χ1) is 13.6. The van der Waals surface area contributed by atoms with Crippen LogP contribution in [0, 0.1) is 0 Å². The van der Waals surface area contributed by atoms with Gasteiger partial charge in [0.05, 0.1) is 21.1 Å². The van der Waals surface area contributed by atoms with Gasteiger partial charge in [-0.15, -0.1) is 11.3 Å². The molecule has 8 heteroatoms. The van der Waals surface area contributed by atoms with Crippen LogP contribution in [0.15, 0.2) is 30.6 Å². The molecule has 0 aliphatic carbocycles. The number of nitrogens with one attached hydrogen (secondary N) is 1. The van der Waals surface area contributed by atoms with Gasteiger partial charge in [-0.05, 0) is 50.9 Å². The molecule has 1 N–H and O–H groups in total. The van der Waals surface area contributed by atoms with Gasteiger partial charge in [0, 0.05) is 25.3 Å². The Labute approximate surface area is 173 Å². The fourth-order valence-corrected chi connectivity index (χ4v) is 4.81. The zero-order valence-electron chi connectivity index (χ0n) is 15.9. The molecule has 0 spiro atoms. The Kier molecular flexibility index (Phi) is 5.94. The maximum absolute atomic E-state index is 12.7. The maximum atomic E-state index is 12.7. The van der Waals surface area contributed by atoms with Gasteiger partial charge in [0.25, 0.3) is 5.91 Å². The van der Waals surface area contributed by atoms with E-state index in [1.54, 1.807) is 16.9 Å². The molecular weight excluding hydrogens is 394 g/mol. The third kappa shape index (κ3) is 4.06. The van der Waals surface area contributed by atoms with Crippen molar-refractivity contribution in [3.8, 4) is 10.6 Å². The first kappa shape index (κ1) is 19.4. The molecule has 0 saturated carbocycles. The quantitative estimate of drug-likeness (QED) is 0.613. The minimum Gasteiger partial charge on any atom is -0.352 e. The summed E-state index contributed by atoms with van der Waals surface area (Å²) < 4.78 is 2.42. The Morgan fingerprint density at radius 1 is 1.36 bits per heavy atom. The first-order valence-electron chi connectivity index (χ1n) is 9.74. The van der Waals surface area contributed by atoms with E-state index in [9.17, 15) is 4.79 Å². The van der Waals surface area contributed by atoms with Gasteiger partial charge in [-0.25, -0.2) is 9.50 Å². The molecule has 148 valence electrons. The molecule has 0 radical (unpaired) electrons. The molecule has 4 rings (SSSR count). The fourth-order valence-electron chi connectivity index (χ4n) is 3.76. The van der Waals surface area contributed by atoms with E-state index in [4.69, 9.17) is 11.6 Å². The Hall–Kier alpha value is -1.96. The lowest BCUT2D eigenvalue weighted by Crippen LogP contribution is -2.39. The van der Waals surface area contributed by atoms with Gasteiger partial charge in [-0.2, -0.15) is 5.10 Å². The van der Waals surface area contributed by atoms with Gasteiger partial charge in [-0.3, -0.25) is 4.79 Å². The molecule has 0 bridgehead atoms. The van der Waals surface area contributed by atoms with Crippen molar-refractivity contribution in [3.63, 3.8) is 0 Å². The lowest BCUT2D eigenvalue weighted by molar-refractivity contribution is 0.0950. The molecule has 1 atom stereocenters. The number of hydrogen-bond acceptors (Lipinski definition) is 5. The Bertz CT molecular complexity index is 969. The van der Waals surface area contributed by atoms with Gasteiger partial charge in [-0.1, -0.05) is 18.0 Å². The van der Waals surface area contributed by atoms with Gasteiger partial charge in [0.15, 0.2) is 5.65 Å². The lowest BCUT2D eigenvalue weighted by atomic mass is 10.0. The third-order valence-electron chi connectivity index (χ3n) is 5.32. The van der Waals surface area contributed by atoms with Crippen molar-refractivity contribution in [2.45, 2.75) is 38.6 Å². The highest BCUT2D eigenvalue weighted by molar-refractivity contribution is 7.19. The number of thiophene rings is 1. The first-order valence-corrected chi connectivity index (χ1v) is 10.9. The van der Waals surface area contributed by atoms with Crippen LogP contribution in [0.1, 0.15) is 43.0 Å². The summed E-state index contributed by atoms with van der Waals surface area (Å²) in [5.74, 6) is -0.129. The number of halogens is 1. The number of carbonyl (C=O) groups is 1. The summed E-state index contributed by atoms with van der Waals surface area (Å²) in [5.41, 5.74) is 1.93. The second-order valence-electron chi connectivity index (χ2n) is 7.22. The van der Waals surface area contributed by atoms with Crippen LogP contribution in [0.5, 0.6) is 0 Å². The summed E-state index contributed by atoms with van der Waals surface area (Å²) >= 11 is 7.53. The number of rotatable bonds is 6. The average Bonchev–Trinajstić information content (AvgIpc) is 3.32. The van der Waals surface area contributed by atoms with E-state index < -0.39 is 0 Å². The summed E-state index contributed by atoms with van der Waals surface area (Å²) in [5, 5.41) is 7.40. The van der Waals surface area contributed by atoms with Crippen LogP contribution in [-0.2, 0) is 0 Å². The smallest absolute Gasteiger partial charge is 0.256 e. The van der Waals surface area contributed by atoms with E-state index in [1.165, 1.54) is 37.1 Å². The molecule has 28 heavy (non-hydrogen) atoms. The second-order valence-corrected chi connectivity index (χ2v) is 8.93. The van der Waals surface area contributed by atoms with Gasteiger partial charge >= 0.3 is 0 Å². The molecule has 1 amide bonds. The molecular formula is C20H24ClN5OS. The Morgan fingerprint density at radius 3 is 3.04 bits per heavy atom. The molecule has 1 saturated heterocycles. The van der Waals surface area contributed by atoms with E-state index in [-0.39, 0.29) is 5.91 Å². The maximum Gasteiger partial charge on any atom is 0.256 e. The third-order valence-corrected chi connectivity index (χ3v) is 6.57. The predicted octanol–water partition coefficient (Wildman–Crippen LogP) is 4.11. The standard InChI is InChI=1S/C20H24ClN5OS/c1-14-5-2-3-11-25(14)12-4-9-23-20(27)15-13-24-26-16(8-10-22-19(15)26)17-6-7-18(21)28-17/h6-8,10,13-14H,2-5,9,11-12H2,1H3,(H,23,27). The number of fused-ring (bicyclic) bond motifs is 1. The van der Waals surface area contributed by atoms with Crippen LogP contribution < -0.4 is 5.32 Å². The number of nitrogens with zero attached hydrogens (tertiary/aromatic N) is 4. The minimum absolute atomic E-state index is 0.129. The summed E-state index contributed by atoms with van der Waals surface area (Å²) in [6.45, 7) is 5.14.